The molecule has 0 aliphatic heterocycles. The Morgan fingerprint density at radius 3 is 1.13 bits per heavy atom. The van der Waals surface area contributed by atoms with E-state index in [-0.39, 0.29) is 0 Å². The van der Waals surface area contributed by atoms with Crippen LogP contribution in [0.15, 0.2) is 24.3 Å². The second-order valence-electron chi connectivity index (χ2n) is 8.35. The van der Waals surface area contributed by atoms with Gasteiger partial charge in [-0.3, -0.25) is 0 Å². The van der Waals surface area contributed by atoms with Crippen LogP contribution in [0.5, 0.6) is 0 Å². The van der Waals surface area contributed by atoms with Crippen molar-refractivity contribution in [1.82, 2.24) is 0 Å². The average Bonchev–Trinajstić information content (AvgIpc) is 2.63. The molecule has 3 rings (SSSR count). The lowest BCUT2D eigenvalue weighted by Gasteiger charge is -2.25. The molecule has 0 saturated carbocycles. The summed E-state index contributed by atoms with van der Waals surface area (Å²) in [6.45, 7) is 10.3. The molecule has 154 valence electrons. The summed E-state index contributed by atoms with van der Waals surface area (Å²) >= 11 is 0. The zero-order valence-corrected chi connectivity index (χ0v) is 18.4. The lowest BCUT2D eigenvalue weighted by Crippen LogP contribution is -2.59. The van der Waals surface area contributed by atoms with Crippen molar-refractivity contribution in [1.29, 1.82) is 0 Å². The first-order chi connectivity index (χ1) is 14.0. The Kier molecular flexibility index (Phi) is 5.90. The van der Waals surface area contributed by atoms with E-state index in [1.54, 1.807) is 0 Å². The second-order valence-corrected chi connectivity index (χ2v) is 8.35. The van der Waals surface area contributed by atoms with Gasteiger partial charge in [0.1, 0.15) is 7.85 Å². The van der Waals surface area contributed by atoms with Crippen molar-refractivity contribution in [3.8, 4) is 0 Å². The number of hydrogen-bond donors (Lipinski definition) is 0. The minimum Gasteiger partial charge on any atom is -0.204 e. The first-order valence-electron chi connectivity index (χ1n) is 9.93. The topological polar surface area (TPSA) is 0 Å². The van der Waals surface area contributed by atoms with Crippen molar-refractivity contribution in [2.75, 3.05) is 0 Å². The summed E-state index contributed by atoms with van der Waals surface area (Å²) in [5, 5.41) is 0. The number of rotatable bonds is 3. The summed E-state index contributed by atoms with van der Waals surface area (Å²) in [6.07, 6.45) is 0. The minimum atomic E-state index is -1.35. The van der Waals surface area contributed by atoms with Gasteiger partial charge >= 0.3 is 0 Å². The lowest BCUT2D eigenvalue weighted by molar-refractivity contribution is 0.472. The largest absolute Gasteiger partial charge is 0.250 e. The molecule has 6 heteroatoms. The summed E-state index contributed by atoms with van der Waals surface area (Å²) in [5.74, 6) is -5.37. The Morgan fingerprint density at radius 1 is 0.533 bits per heavy atom. The molecule has 0 aromatic heterocycles. The quantitative estimate of drug-likeness (QED) is 0.354. The molecular formula is C24H24B2F4. The molecule has 0 saturated heterocycles. The van der Waals surface area contributed by atoms with Crippen LogP contribution in [0, 0.1) is 64.8 Å². The molecule has 0 heterocycles. The summed E-state index contributed by atoms with van der Waals surface area (Å²) < 4.78 is 59.6. The highest BCUT2D eigenvalue weighted by Crippen LogP contribution is 2.16. The van der Waals surface area contributed by atoms with Gasteiger partial charge in [0.2, 0.25) is 0 Å². The fourth-order valence-corrected chi connectivity index (χ4v) is 4.74. The third-order valence-corrected chi connectivity index (χ3v) is 5.86. The van der Waals surface area contributed by atoms with Crippen molar-refractivity contribution < 1.29 is 17.6 Å². The third kappa shape index (κ3) is 3.57. The van der Waals surface area contributed by atoms with Crippen LogP contribution < -0.4 is 21.9 Å². The van der Waals surface area contributed by atoms with Crippen LogP contribution in [0.2, 0.25) is 0 Å². The fourth-order valence-electron chi connectivity index (χ4n) is 4.74. The van der Waals surface area contributed by atoms with Crippen molar-refractivity contribution in [2.24, 2.45) is 0 Å². The highest BCUT2D eigenvalue weighted by atomic mass is 19.2. The number of halogens is 4. The van der Waals surface area contributed by atoms with E-state index in [9.17, 15) is 8.78 Å². The number of aryl methyl sites for hydroxylation is 6. The zero-order valence-electron chi connectivity index (χ0n) is 18.4. The first kappa shape index (κ1) is 22.2. The Balaban J connectivity index is 2.53. The Morgan fingerprint density at radius 2 is 0.833 bits per heavy atom. The Hall–Kier alpha value is -2.49. The number of hydrogen-bond acceptors (Lipinski definition) is 0. The molecule has 0 unspecified atom stereocenters. The van der Waals surface area contributed by atoms with Gasteiger partial charge in [-0.2, -0.15) is 0 Å². The molecule has 0 N–H and O–H groups in total. The molecule has 0 nitrogen and oxygen atoms in total. The average molecular weight is 410 g/mol. The molecule has 0 aliphatic rings. The van der Waals surface area contributed by atoms with Crippen LogP contribution in [0.4, 0.5) is 17.6 Å². The molecule has 0 aliphatic carbocycles. The maximum Gasteiger partial charge on any atom is 0.250 e. The van der Waals surface area contributed by atoms with Gasteiger partial charge in [0.25, 0.3) is 6.71 Å². The van der Waals surface area contributed by atoms with Gasteiger partial charge in [-0.25, -0.2) is 17.6 Å². The molecule has 0 spiro atoms. The third-order valence-electron chi connectivity index (χ3n) is 5.86. The summed E-state index contributed by atoms with van der Waals surface area (Å²) in [5.41, 5.74) is 5.37. The Bertz CT molecular complexity index is 1040. The van der Waals surface area contributed by atoms with Crippen LogP contribution in [0.1, 0.15) is 33.4 Å². The molecule has 3 aromatic rings. The monoisotopic (exact) mass is 410 g/mol. The van der Waals surface area contributed by atoms with Gasteiger partial charge in [0.15, 0.2) is 23.3 Å². The molecule has 30 heavy (non-hydrogen) atoms. The molecular weight excluding hydrogens is 386 g/mol. The lowest BCUT2D eigenvalue weighted by atomic mass is 9.33. The molecule has 0 amide bonds. The minimum absolute atomic E-state index is 0.583. The normalized spacial score (nSPS) is 11.1. The Labute approximate surface area is 176 Å². The zero-order chi connectivity index (χ0) is 22.5. The first-order valence-corrected chi connectivity index (χ1v) is 9.93. The molecule has 0 atom stereocenters. The second kappa shape index (κ2) is 7.98. The van der Waals surface area contributed by atoms with Crippen molar-refractivity contribution >= 4 is 36.4 Å². The van der Waals surface area contributed by atoms with E-state index in [2.05, 4.69) is 0 Å². The SMILES string of the molecule is Bc1c(F)c(F)c(B(c2c(C)cc(C)cc2C)c2c(C)cc(C)cc2C)c(F)c1F. The van der Waals surface area contributed by atoms with Crippen LogP contribution >= 0.6 is 0 Å². The smallest absolute Gasteiger partial charge is 0.204 e. The number of benzene rings is 3. The standard InChI is InChI=1S/C24H24B2F4/c1-11-7-13(3)18(14(4)8-11)26(19-15(5)9-12(2)10-16(19)6)20-23(29)21(27)17(25)22(28)24(20)30/h7-10H,25H2,1-6H3. The van der Waals surface area contributed by atoms with Gasteiger partial charge in [-0.1, -0.05) is 68.6 Å². The van der Waals surface area contributed by atoms with Gasteiger partial charge in [-0.15, -0.1) is 0 Å². The summed E-state index contributed by atoms with van der Waals surface area (Å²) in [7, 11) is 1.04. The van der Waals surface area contributed by atoms with Gasteiger partial charge in [-0.05, 0) is 47.0 Å². The van der Waals surface area contributed by atoms with Crippen molar-refractivity contribution in [2.45, 2.75) is 41.5 Å². The highest BCUT2D eigenvalue weighted by Gasteiger charge is 2.36. The van der Waals surface area contributed by atoms with Crippen molar-refractivity contribution in [3.63, 3.8) is 0 Å². The van der Waals surface area contributed by atoms with Gasteiger partial charge in [0.05, 0.1) is 0 Å². The van der Waals surface area contributed by atoms with Gasteiger partial charge in [0, 0.05) is 5.46 Å². The maximum absolute atomic E-state index is 15.2. The fraction of sp³-hybridized carbons (Fsp3) is 0.250. The van der Waals surface area contributed by atoms with Gasteiger partial charge < -0.3 is 0 Å². The van der Waals surface area contributed by atoms with E-state index in [0.29, 0.717) is 10.9 Å². The van der Waals surface area contributed by atoms with E-state index in [4.69, 9.17) is 0 Å². The van der Waals surface area contributed by atoms with E-state index in [0.717, 1.165) is 41.2 Å². The van der Waals surface area contributed by atoms with E-state index < -0.39 is 40.9 Å². The molecule has 3 aromatic carbocycles. The summed E-state index contributed by atoms with van der Waals surface area (Å²) in [4.78, 5) is 0. The van der Waals surface area contributed by atoms with Crippen LogP contribution in [-0.4, -0.2) is 14.6 Å². The van der Waals surface area contributed by atoms with Crippen LogP contribution in [-0.2, 0) is 0 Å². The summed E-state index contributed by atoms with van der Waals surface area (Å²) in [6, 6.07) is 7.69. The molecule has 0 radical (unpaired) electrons. The van der Waals surface area contributed by atoms with Crippen LogP contribution in [0.3, 0.4) is 0 Å². The predicted octanol–water partition coefficient (Wildman–Crippen LogP) is 2.87. The maximum atomic E-state index is 15.2. The predicted molar refractivity (Wildman–Crippen MR) is 120 cm³/mol. The van der Waals surface area contributed by atoms with E-state index in [1.165, 1.54) is 0 Å². The molecule has 0 fully saturated rings. The van der Waals surface area contributed by atoms with Crippen molar-refractivity contribution in [3.05, 3.63) is 80.9 Å². The van der Waals surface area contributed by atoms with Crippen LogP contribution in [0.25, 0.3) is 0 Å². The molecule has 0 bridgehead atoms. The van der Waals surface area contributed by atoms with E-state index >= 15 is 8.78 Å². The van der Waals surface area contributed by atoms with E-state index in [1.807, 2.05) is 65.8 Å². The highest BCUT2D eigenvalue weighted by molar-refractivity contribution is 6.96.